The van der Waals surface area contributed by atoms with Crippen LogP contribution in [0.5, 0.6) is 0 Å². The van der Waals surface area contributed by atoms with Crippen LogP contribution in [0.25, 0.3) is 105 Å². The monoisotopic (exact) mass is 797 g/mol. The van der Waals surface area contributed by atoms with Gasteiger partial charge >= 0.3 is 0 Å². The molecular formula is C52H39N5S2. The molecule has 59 heavy (non-hydrogen) atoms. The van der Waals surface area contributed by atoms with Crippen LogP contribution < -0.4 is 0 Å². The Morgan fingerprint density at radius 2 is 0.814 bits per heavy atom. The van der Waals surface area contributed by atoms with Gasteiger partial charge in [0.05, 0.1) is 56.0 Å². The molecule has 0 saturated carbocycles. The molecule has 0 radical (unpaired) electrons. The van der Waals surface area contributed by atoms with Gasteiger partial charge in [0.2, 0.25) is 0 Å². The minimum atomic E-state index is 0.863. The fourth-order valence-electron chi connectivity index (χ4n) is 8.84. The second kappa shape index (κ2) is 15.2. The van der Waals surface area contributed by atoms with Crippen molar-refractivity contribution in [3.8, 4) is 28.3 Å². The molecule has 0 aliphatic heterocycles. The first-order chi connectivity index (χ1) is 29.3. The minimum absolute atomic E-state index is 0.863. The van der Waals surface area contributed by atoms with E-state index in [1.165, 1.54) is 48.9 Å². The van der Waals surface area contributed by atoms with E-state index in [0.29, 0.717) is 0 Å². The molecule has 0 unspecified atom stereocenters. The van der Waals surface area contributed by atoms with Crippen LogP contribution in [0.15, 0.2) is 188 Å². The SMILES string of the molecule is CC.SS.c1ccc(-n2c3ccc(-c4cnc5ccccc5n4)cc3c3cc4c5ccccc5n(-c5cccc(-n6c7ccccc7c7ccccc76)c5)c4cc32)cc1. The lowest BCUT2D eigenvalue weighted by Crippen LogP contribution is -1.99. The second-order valence-electron chi connectivity index (χ2n) is 14.3. The Bertz CT molecular complexity index is 3450. The lowest BCUT2D eigenvalue weighted by atomic mass is 10.1. The largest absolute Gasteiger partial charge is 0.309 e. The highest BCUT2D eigenvalue weighted by Gasteiger charge is 2.20. The number of hydrogen-bond acceptors (Lipinski definition) is 4. The maximum Gasteiger partial charge on any atom is 0.0894 e. The van der Waals surface area contributed by atoms with E-state index >= 15 is 0 Å². The highest BCUT2D eigenvalue weighted by atomic mass is 33.1. The molecule has 0 spiro atoms. The van der Waals surface area contributed by atoms with Gasteiger partial charge in [-0.25, -0.2) is 4.98 Å². The third kappa shape index (κ3) is 5.88. The molecule has 12 aromatic rings. The Morgan fingerprint density at radius 1 is 0.356 bits per heavy atom. The van der Waals surface area contributed by atoms with Gasteiger partial charge in [-0.2, -0.15) is 0 Å². The molecule has 0 fully saturated rings. The van der Waals surface area contributed by atoms with Crippen molar-refractivity contribution in [1.82, 2.24) is 23.7 Å². The van der Waals surface area contributed by atoms with E-state index in [9.17, 15) is 0 Å². The van der Waals surface area contributed by atoms with E-state index in [-0.39, 0.29) is 0 Å². The number of rotatable bonds is 4. The topological polar surface area (TPSA) is 40.6 Å². The van der Waals surface area contributed by atoms with Crippen LogP contribution in [-0.2, 0) is 0 Å². The molecular weight excluding hydrogens is 759 g/mol. The molecule has 8 aromatic carbocycles. The molecule has 4 heterocycles. The van der Waals surface area contributed by atoms with Gasteiger partial charge in [-0.1, -0.05) is 111 Å². The number of hydrogen-bond donors (Lipinski definition) is 2. The van der Waals surface area contributed by atoms with Crippen LogP contribution in [0, 0.1) is 0 Å². The molecule has 0 bridgehead atoms. The van der Waals surface area contributed by atoms with Crippen molar-refractivity contribution in [2.45, 2.75) is 13.8 Å². The van der Waals surface area contributed by atoms with E-state index < -0.39 is 0 Å². The van der Waals surface area contributed by atoms with Crippen LogP contribution in [0.2, 0.25) is 0 Å². The number of para-hydroxylation sites is 6. The summed E-state index contributed by atoms with van der Waals surface area (Å²) >= 11 is 6.44. The van der Waals surface area contributed by atoms with E-state index in [0.717, 1.165) is 55.9 Å². The Hall–Kier alpha value is -6.80. The molecule has 5 nitrogen and oxygen atoms in total. The summed E-state index contributed by atoms with van der Waals surface area (Å²) in [6, 6.07) is 65.4. The number of fused-ring (bicyclic) bond motifs is 10. The van der Waals surface area contributed by atoms with E-state index in [2.05, 4.69) is 195 Å². The molecule has 12 rings (SSSR count). The van der Waals surface area contributed by atoms with E-state index in [4.69, 9.17) is 9.97 Å². The Balaban J connectivity index is 0.00000102. The highest BCUT2D eigenvalue weighted by molar-refractivity contribution is 8.59. The molecule has 0 atom stereocenters. The number of benzene rings is 8. The normalized spacial score (nSPS) is 11.4. The van der Waals surface area contributed by atoms with Crippen LogP contribution in [-0.4, -0.2) is 23.7 Å². The van der Waals surface area contributed by atoms with Gasteiger partial charge in [0, 0.05) is 54.9 Å². The second-order valence-corrected chi connectivity index (χ2v) is 14.3. The summed E-state index contributed by atoms with van der Waals surface area (Å²) in [5, 5.41) is 7.33. The zero-order chi connectivity index (χ0) is 40.0. The smallest absolute Gasteiger partial charge is 0.0894 e. The average Bonchev–Trinajstić information content (AvgIpc) is 3.94. The van der Waals surface area contributed by atoms with Gasteiger partial charge in [-0.15, -0.1) is 23.3 Å². The van der Waals surface area contributed by atoms with Gasteiger partial charge < -0.3 is 13.7 Å². The first kappa shape index (κ1) is 36.5. The quantitative estimate of drug-likeness (QED) is 0.138. The van der Waals surface area contributed by atoms with Crippen molar-refractivity contribution < 1.29 is 0 Å². The maximum absolute atomic E-state index is 5.01. The molecule has 284 valence electrons. The van der Waals surface area contributed by atoms with Gasteiger partial charge in [0.1, 0.15) is 0 Å². The Kier molecular flexibility index (Phi) is 9.40. The first-order valence-electron chi connectivity index (χ1n) is 19.9. The van der Waals surface area contributed by atoms with E-state index in [1.807, 2.05) is 44.3 Å². The zero-order valence-electron chi connectivity index (χ0n) is 32.5. The summed E-state index contributed by atoms with van der Waals surface area (Å²) < 4.78 is 7.23. The summed E-state index contributed by atoms with van der Waals surface area (Å²) in [5.74, 6) is 0. The van der Waals surface area contributed by atoms with Crippen molar-refractivity contribution in [2.24, 2.45) is 0 Å². The predicted octanol–water partition coefficient (Wildman–Crippen LogP) is 14.4. The van der Waals surface area contributed by atoms with Crippen LogP contribution >= 0.6 is 23.3 Å². The molecule has 0 amide bonds. The van der Waals surface area contributed by atoms with Crippen molar-refractivity contribution in [3.63, 3.8) is 0 Å². The lowest BCUT2D eigenvalue weighted by molar-refractivity contribution is 1.13. The van der Waals surface area contributed by atoms with Crippen molar-refractivity contribution in [3.05, 3.63) is 188 Å². The lowest BCUT2D eigenvalue weighted by Gasteiger charge is -2.13. The summed E-state index contributed by atoms with van der Waals surface area (Å²) in [6.45, 7) is 4.00. The average molecular weight is 798 g/mol. The fourth-order valence-corrected chi connectivity index (χ4v) is 8.84. The summed E-state index contributed by atoms with van der Waals surface area (Å²) in [5.41, 5.74) is 14.1. The van der Waals surface area contributed by atoms with Crippen molar-refractivity contribution in [2.75, 3.05) is 0 Å². The predicted molar refractivity (Wildman–Crippen MR) is 257 cm³/mol. The third-order valence-electron chi connectivity index (χ3n) is 11.2. The van der Waals surface area contributed by atoms with Crippen LogP contribution in [0.4, 0.5) is 0 Å². The zero-order valence-corrected chi connectivity index (χ0v) is 34.3. The fraction of sp³-hybridized carbons (Fsp3) is 0.0385. The highest BCUT2D eigenvalue weighted by Crippen LogP contribution is 2.41. The van der Waals surface area contributed by atoms with Crippen LogP contribution in [0.3, 0.4) is 0 Å². The number of aromatic nitrogens is 5. The van der Waals surface area contributed by atoms with Gasteiger partial charge in [-0.05, 0) is 84.9 Å². The molecule has 0 aliphatic rings. The molecule has 0 N–H and O–H groups in total. The van der Waals surface area contributed by atoms with Gasteiger partial charge in [0.25, 0.3) is 0 Å². The van der Waals surface area contributed by atoms with Gasteiger partial charge in [0.15, 0.2) is 0 Å². The van der Waals surface area contributed by atoms with Crippen molar-refractivity contribution >= 4 is 99.8 Å². The summed E-state index contributed by atoms with van der Waals surface area (Å²) in [4.78, 5) is 9.75. The summed E-state index contributed by atoms with van der Waals surface area (Å²) in [7, 11) is 0. The first-order valence-corrected chi connectivity index (χ1v) is 21.5. The Morgan fingerprint density at radius 3 is 1.46 bits per heavy atom. The molecule has 4 aromatic heterocycles. The van der Waals surface area contributed by atoms with E-state index in [1.54, 1.807) is 0 Å². The molecule has 0 aliphatic carbocycles. The number of thiol groups is 2. The molecule has 0 saturated heterocycles. The van der Waals surface area contributed by atoms with Crippen LogP contribution in [0.1, 0.15) is 13.8 Å². The van der Waals surface area contributed by atoms with Crippen molar-refractivity contribution in [1.29, 1.82) is 0 Å². The maximum atomic E-state index is 5.01. The standard InChI is InChI=1S/C50H31N5.C2H6.H2S2/c1-2-13-33(14-3-1)53-48-26-25-32(44-31-51-42-20-7-8-21-43(42)52-44)27-39(48)41-29-40-38-19-6-11-24-47(38)55(49(40)30-50(41)53)35-16-12-15-34(28-35)54-45-22-9-4-17-36(45)37-18-5-10-23-46(37)54;2*1-2/h1-31H;1-2H3;1-2H. The Labute approximate surface area is 352 Å². The third-order valence-corrected chi connectivity index (χ3v) is 11.2. The summed E-state index contributed by atoms with van der Waals surface area (Å²) in [6.07, 6.45) is 1.89. The minimum Gasteiger partial charge on any atom is -0.309 e. The van der Waals surface area contributed by atoms with Gasteiger partial charge in [-0.3, -0.25) is 4.98 Å². The molecule has 7 heteroatoms. The number of nitrogens with zero attached hydrogens (tertiary/aromatic N) is 5.